The molecule has 1 aliphatic rings. The molecule has 0 amide bonds. The summed E-state index contributed by atoms with van der Waals surface area (Å²) in [5.74, 6) is -1.19. The van der Waals surface area contributed by atoms with Gasteiger partial charge in [0.1, 0.15) is 0 Å². The molecule has 2 nitrogen and oxygen atoms in total. The number of nitrogens with one attached hydrogen (secondary N) is 1. The molecule has 0 heterocycles. The second-order valence-corrected chi connectivity index (χ2v) is 6.35. The average molecular weight is 351 g/mol. The van der Waals surface area contributed by atoms with Crippen LogP contribution in [0.5, 0.6) is 0 Å². The first kappa shape index (κ1) is 15.6. The molecule has 1 aromatic carbocycles. The number of hydrogen-bond donors (Lipinski definition) is 2. The van der Waals surface area contributed by atoms with E-state index in [2.05, 4.69) is 21.2 Å². The molecule has 2 rings (SSSR count). The van der Waals surface area contributed by atoms with Crippen molar-refractivity contribution in [3.05, 3.63) is 28.7 Å². The maximum atomic E-state index is 12.7. The average Bonchev–Trinajstić information content (AvgIpc) is 2.41. The number of rotatable bonds is 3. The predicted molar refractivity (Wildman–Crippen MR) is 77.6 cm³/mol. The van der Waals surface area contributed by atoms with E-state index in [1.807, 2.05) is 24.3 Å². The Bertz CT molecular complexity index is 437. The normalized spacial score (nSPS) is 27.4. The van der Waals surface area contributed by atoms with Gasteiger partial charge in [-0.2, -0.15) is 13.2 Å². The van der Waals surface area contributed by atoms with Crippen molar-refractivity contribution < 1.29 is 13.2 Å². The fourth-order valence-electron chi connectivity index (χ4n) is 2.72. The summed E-state index contributed by atoms with van der Waals surface area (Å²) >= 11 is 3.35. The van der Waals surface area contributed by atoms with Crippen molar-refractivity contribution in [3.8, 4) is 0 Å². The van der Waals surface area contributed by atoms with Crippen LogP contribution in [0.3, 0.4) is 0 Å². The Kier molecular flexibility index (Phi) is 4.64. The van der Waals surface area contributed by atoms with E-state index in [-0.39, 0.29) is 12.8 Å². The van der Waals surface area contributed by atoms with E-state index in [1.165, 1.54) is 0 Å². The smallest absolute Gasteiger partial charge is 0.378 e. The largest absolute Gasteiger partial charge is 0.391 e. The van der Waals surface area contributed by atoms with Gasteiger partial charge in [0.05, 0.1) is 5.92 Å². The van der Waals surface area contributed by atoms with E-state index < -0.39 is 17.6 Å². The van der Waals surface area contributed by atoms with E-state index in [9.17, 15) is 13.2 Å². The Morgan fingerprint density at radius 2 is 1.75 bits per heavy atom. The van der Waals surface area contributed by atoms with Gasteiger partial charge < -0.3 is 11.1 Å². The highest BCUT2D eigenvalue weighted by Gasteiger charge is 2.45. The van der Waals surface area contributed by atoms with Gasteiger partial charge >= 0.3 is 6.18 Å². The first-order valence-electron chi connectivity index (χ1n) is 6.65. The topological polar surface area (TPSA) is 38.0 Å². The summed E-state index contributed by atoms with van der Waals surface area (Å²) in [6, 6.07) is 7.59. The lowest BCUT2D eigenvalue weighted by atomic mass is 9.76. The zero-order chi connectivity index (χ0) is 14.8. The Labute approximate surface area is 125 Å². The Morgan fingerprint density at radius 3 is 2.20 bits per heavy atom. The minimum atomic E-state index is -4.08. The highest BCUT2D eigenvalue weighted by molar-refractivity contribution is 9.10. The molecule has 0 radical (unpaired) electrons. The van der Waals surface area contributed by atoms with Crippen LogP contribution in [0, 0.1) is 5.92 Å². The summed E-state index contributed by atoms with van der Waals surface area (Å²) in [7, 11) is 0. The first-order chi connectivity index (χ1) is 9.35. The molecule has 0 bridgehead atoms. The molecule has 112 valence electrons. The van der Waals surface area contributed by atoms with Crippen molar-refractivity contribution in [2.24, 2.45) is 11.7 Å². The molecule has 0 spiro atoms. The molecule has 0 unspecified atom stereocenters. The van der Waals surface area contributed by atoms with Crippen LogP contribution in [-0.4, -0.2) is 18.3 Å². The number of alkyl halides is 3. The van der Waals surface area contributed by atoms with Crippen molar-refractivity contribution in [2.45, 2.75) is 37.4 Å². The molecule has 0 saturated heterocycles. The van der Waals surface area contributed by atoms with E-state index in [0.29, 0.717) is 19.4 Å². The van der Waals surface area contributed by atoms with Crippen LogP contribution in [0.2, 0.25) is 0 Å². The van der Waals surface area contributed by atoms with Gasteiger partial charge in [-0.15, -0.1) is 0 Å². The Morgan fingerprint density at radius 1 is 1.20 bits per heavy atom. The summed E-state index contributed by atoms with van der Waals surface area (Å²) in [6.45, 7) is 0.341. The zero-order valence-electron chi connectivity index (χ0n) is 11.0. The predicted octanol–water partition coefficient (Wildman–Crippen LogP) is 4.31. The van der Waals surface area contributed by atoms with Gasteiger partial charge in [0.2, 0.25) is 0 Å². The molecule has 1 aliphatic carbocycles. The van der Waals surface area contributed by atoms with Gasteiger partial charge in [-0.25, -0.2) is 0 Å². The van der Waals surface area contributed by atoms with E-state index in [0.717, 1.165) is 10.2 Å². The maximum Gasteiger partial charge on any atom is 0.391 e. The SMILES string of the molecule is NCC1(Nc2ccc(Br)cc2)CCC(C(F)(F)F)CC1. The minimum Gasteiger partial charge on any atom is -0.378 e. The quantitative estimate of drug-likeness (QED) is 0.852. The standard InChI is InChI=1S/C14H18BrF3N2/c15-11-1-3-12(4-2-11)20-13(9-19)7-5-10(6-8-13)14(16,17)18/h1-4,10,20H,5-9,19H2. The highest BCUT2D eigenvalue weighted by atomic mass is 79.9. The third-order valence-electron chi connectivity index (χ3n) is 4.05. The monoisotopic (exact) mass is 350 g/mol. The third kappa shape index (κ3) is 3.67. The number of halogens is 4. The fourth-order valence-corrected chi connectivity index (χ4v) is 2.98. The Hall–Kier alpha value is -0.750. The van der Waals surface area contributed by atoms with E-state index in [4.69, 9.17) is 5.73 Å². The fraction of sp³-hybridized carbons (Fsp3) is 0.571. The minimum absolute atomic E-state index is 0.143. The first-order valence-corrected chi connectivity index (χ1v) is 7.44. The summed E-state index contributed by atoms with van der Waals surface area (Å²) in [6.07, 6.45) is -2.90. The lowest BCUT2D eigenvalue weighted by molar-refractivity contribution is -0.183. The van der Waals surface area contributed by atoms with Crippen LogP contribution in [-0.2, 0) is 0 Å². The van der Waals surface area contributed by atoms with Crippen LogP contribution in [0.1, 0.15) is 25.7 Å². The summed E-state index contributed by atoms with van der Waals surface area (Å²) < 4.78 is 39.1. The zero-order valence-corrected chi connectivity index (χ0v) is 12.6. The van der Waals surface area contributed by atoms with Gasteiger partial charge in [-0.05, 0) is 49.9 Å². The van der Waals surface area contributed by atoms with Gasteiger partial charge in [0.15, 0.2) is 0 Å². The number of anilines is 1. The van der Waals surface area contributed by atoms with Crippen LogP contribution in [0.15, 0.2) is 28.7 Å². The summed E-state index contributed by atoms with van der Waals surface area (Å²) in [5.41, 5.74) is 6.29. The van der Waals surface area contributed by atoms with Crippen molar-refractivity contribution in [1.82, 2.24) is 0 Å². The van der Waals surface area contributed by atoms with Gasteiger partial charge in [0.25, 0.3) is 0 Å². The van der Waals surface area contributed by atoms with Crippen LogP contribution in [0.25, 0.3) is 0 Å². The molecule has 0 aliphatic heterocycles. The molecular weight excluding hydrogens is 333 g/mol. The molecule has 0 atom stereocenters. The van der Waals surface area contributed by atoms with Crippen molar-refractivity contribution in [3.63, 3.8) is 0 Å². The molecule has 6 heteroatoms. The van der Waals surface area contributed by atoms with E-state index >= 15 is 0 Å². The van der Waals surface area contributed by atoms with Crippen molar-refractivity contribution in [1.29, 1.82) is 0 Å². The van der Waals surface area contributed by atoms with Crippen LogP contribution >= 0.6 is 15.9 Å². The lowest BCUT2D eigenvalue weighted by Crippen LogP contribution is -2.49. The van der Waals surface area contributed by atoms with Crippen molar-refractivity contribution >= 4 is 21.6 Å². The number of hydrogen-bond acceptors (Lipinski definition) is 2. The molecule has 1 aromatic rings. The van der Waals surface area contributed by atoms with Gasteiger partial charge in [0, 0.05) is 22.2 Å². The van der Waals surface area contributed by atoms with Gasteiger partial charge in [-0.3, -0.25) is 0 Å². The maximum absolute atomic E-state index is 12.7. The lowest BCUT2D eigenvalue weighted by Gasteiger charge is -2.41. The molecule has 1 saturated carbocycles. The second kappa shape index (κ2) is 5.93. The molecular formula is C14H18BrF3N2. The van der Waals surface area contributed by atoms with Crippen LogP contribution in [0.4, 0.5) is 18.9 Å². The highest BCUT2D eigenvalue weighted by Crippen LogP contribution is 2.42. The molecule has 20 heavy (non-hydrogen) atoms. The second-order valence-electron chi connectivity index (χ2n) is 5.43. The Balaban J connectivity index is 2.03. The van der Waals surface area contributed by atoms with E-state index in [1.54, 1.807) is 0 Å². The van der Waals surface area contributed by atoms with Crippen molar-refractivity contribution in [2.75, 3.05) is 11.9 Å². The third-order valence-corrected chi connectivity index (χ3v) is 4.58. The molecule has 1 fully saturated rings. The summed E-state index contributed by atoms with van der Waals surface area (Å²) in [5, 5.41) is 3.33. The van der Waals surface area contributed by atoms with Crippen LogP contribution < -0.4 is 11.1 Å². The number of benzene rings is 1. The molecule has 0 aromatic heterocycles. The molecule has 3 N–H and O–H groups in total. The number of nitrogens with two attached hydrogens (primary N) is 1. The summed E-state index contributed by atoms with van der Waals surface area (Å²) in [4.78, 5) is 0. The van der Waals surface area contributed by atoms with Gasteiger partial charge in [-0.1, -0.05) is 15.9 Å².